The quantitative estimate of drug-likeness (QED) is 0.855. The van der Waals surface area contributed by atoms with Crippen LogP contribution < -0.4 is 9.62 Å². The standard InChI is InChI=1S/C20H25N3O3S/c1-22-13-11-17(12-14-22)21-20(24)16-7-6-8-18(15-16)23(2)27(25,26)19-9-4-3-5-10-19/h3-10,15,17H,11-14H2,1-2H3,(H,21,24). The molecular weight excluding hydrogens is 362 g/mol. The Labute approximate surface area is 160 Å². The van der Waals surface area contributed by atoms with Crippen molar-refractivity contribution in [3.05, 3.63) is 60.2 Å². The van der Waals surface area contributed by atoms with E-state index in [0.717, 1.165) is 25.9 Å². The molecule has 3 rings (SSSR count). The summed E-state index contributed by atoms with van der Waals surface area (Å²) in [5, 5.41) is 3.06. The van der Waals surface area contributed by atoms with E-state index < -0.39 is 10.0 Å². The van der Waals surface area contributed by atoms with Gasteiger partial charge in [-0.3, -0.25) is 9.10 Å². The minimum atomic E-state index is -3.67. The van der Waals surface area contributed by atoms with Crippen LogP contribution in [0.5, 0.6) is 0 Å². The molecule has 0 aromatic heterocycles. The fraction of sp³-hybridized carbons (Fsp3) is 0.350. The number of amides is 1. The molecule has 6 nitrogen and oxygen atoms in total. The third-order valence-electron chi connectivity index (χ3n) is 4.93. The monoisotopic (exact) mass is 387 g/mol. The number of sulfonamides is 1. The average molecular weight is 388 g/mol. The Morgan fingerprint density at radius 1 is 1.07 bits per heavy atom. The van der Waals surface area contributed by atoms with Crippen molar-refractivity contribution in [2.24, 2.45) is 0 Å². The highest BCUT2D eigenvalue weighted by Gasteiger charge is 2.23. The maximum Gasteiger partial charge on any atom is 0.264 e. The van der Waals surface area contributed by atoms with Gasteiger partial charge in [0.15, 0.2) is 0 Å². The maximum atomic E-state index is 12.8. The Balaban J connectivity index is 1.76. The van der Waals surface area contributed by atoms with Gasteiger partial charge in [0.2, 0.25) is 0 Å². The van der Waals surface area contributed by atoms with E-state index in [1.54, 1.807) is 54.6 Å². The third-order valence-corrected chi connectivity index (χ3v) is 6.73. The van der Waals surface area contributed by atoms with Gasteiger partial charge in [-0.2, -0.15) is 0 Å². The molecule has 1 N–H and O–H groups in total. The number of nitrogens with zero attached hydrogens (tertiary/aromatic N) is 2. The van der Waals surface area contributed by atoms with Crippen molar-refractivity contribution in [3.63, 3.8) is 0 Å². The lowest BCUT2D eigenvalue weighted by Gasteiger charge is -2.29. The van der Waals surface area contributed by atoms with Crippen molar-refractivity contribution in [2.75, 3.05) is 31.5 Å². The van der Waals surface area contributed by atoms with Gasteiger partial charge >= 0.3 is 0 Å². The summed E-state index contributed by atoms with van der Waals surface area (Å²) in [4.78, 5) is 15.1. The zero-order valence-electron chi connectivity index (χ0n) is 15.6. The lowest BCUT2D eigenvalue weighted by Crippen LogP contribution is -2.43. The first kappa shape index (κ1) is 19.4. The number of carbonyl (C=O) groups excluding carboxylic acids is 1. The first-order valence-corrected chi connectivity index (χ1v) is 10.5. The molecule has 27 heavy (non-hydrogen) atoms. The van der Waals surface area contributed by atoms with E-state index in [-0.39, 0.29) is 16.8 Å². The Bertz CT molecular complexity index is 892. The molecule has 0 aliphatic carbocycles. The molecule has 1 aliphatic rings. The van der Waals surface area contributed by atoms with Gasteiger partial charge < -0.3 is 10.2 Å². The van der Waals surface area contributed by atoms with Crippen LogP contribution in [0, 0.1) is 0 Å². The molecule has 0 atom stereocenters. The van der Waals surface area contributed by atoms with Crippen LogP contribution in [0.2, 0.25) is 0 Å². The number of hydrogen-bond acceptors (Lipinski definition) is 4. The highest BCUT2D eigenvalue weighted by atomic mass is 32.2. The molecule has 0 radical (unpaired) electrons. The fourth-order valence-electron chi connectivity index (χ4n) is 3.15. The van der Waals surface area contributed by atoms with Gasteiger partial charge in [0.25, 0.3) is 15.9 Å². The van der Waals surface area contributed by atoms with Crippen LogP contribution in [0.3, 0.4) is 0 Å². The van der Waals surface area contributed by atoms with Crippen molar-refractivity contribution in [1.82, 2.24) is 10.2 Å². The number of likely N-dealkylation sites (tertiary alicyclic amines) is 1. The molecule has 1 saturated heterocycles. The van der Waals surface area contributed by atoms with Crippen LogP contribution in [-0.4, -0.2) is 52.5 Å². The molecule has 0 unspecified atom stereocenters. The molecule has 2 aromatic rings. The van der Waals surface area contributed by atoms with Gasteiger partial charge in [0.05, 0.1) is 10.6 Å². The number of nitrogens with one attached hydrogen (secondary N) is 1. The second-order valence-electron chi connectivity index (χ2n) is 6.89. The Morgan fingerprint density at radius 3 is 2.41 bits per heavy atom. The summed E-state index contributed by atoms with van der Waals surface area (Å²) in [6.45, 7) is 1.92. The first-order chi connectivity index (χ1) is 12.9. The number of carbonyl (C=O) groups is 1. The van der Waals surface area contributed by atoms with Gasteiger partial charge in [-0.15, -0.1) is 0 Å². The molecule has 0 spiro atoms. The minimum absolute atomic E-state index is 0.156. The van der Waals surface area contributed by atoms with Crippen LogP contribution in [0.4, 0.5) is 5.69 Å². The smallest absolute Gasteiger partial charge is 0.264 e. The van der Waals surface area contributed by atoms with Gasteiger partial charge in [0.1, 0.15) is 0 Å². The van der Waals surface area contributed by atoms with Crippen molar-refractivity contribution >= 4 is 21.6 Å². The predicted molar refractivity (Wildman–Crippen MR) is 106 cm³/mol. The summed E-state index contributed by atoms with van der Waals surface area (Å²) in [6, 6.07) is 15.1. The van der Waals surface area contributed by atoms with Crippen LogP contribution in [0.1, 0.15) is 23.2 Å². The highest BCUT2D eigenvalue weighted by Crippen LogP contribution is 2.23. The summed E-state index contributed by atoms with van der Waals surface area (Å²) < 4.78 is 26.8. The first-order valence-electron chi connectivity index (χ1n) is 9.01. The molecular formula is C20H25N3O3S. The summed E-state index contributed by atoms with van der Waals surface area (Å²) in [5.41, 5.74) is 0.913. The molecule has 144 valence electrons. The SMILES string of the molecule is CN1CCC(NC(=O)c2cccc(N(C)S(=O)(=O)c3ccccc3)c2)CC1. The van der Waals surface area contributed by atoms with Crippen molar-refractivity contribution in [2.45, 2.75) is 23.8 Å². The molecule has 1 aliphatic heterocycles. The topological polar surface area (TPSA) is 69.7 Å². The normalized spacial score (nSPS) is 16.1. The van der Waals surface area contributed by atoms with Gasteiger partial charge in [0, 0.05) is 18.7 Å². The second-order valence-corrected chi connectivity index (χ2v) is 8.86. The zero-order valence-corrected chi connectivity index (χ0v) is 16.4. The average Bonchev–Trinajstić information content (AvgIpc) is 2.70. The predicted octanol–water partition coefficient (Wildman–Crippen LogP) is 2.34. The summed E-state index contributed by atoms with van der Waals surface area (Å²) in [5.74, 6) is -0.170. The van der Waals surface area contributed by atoms with Crippen LogP contribution >= 0.6 is 0 Å². The van der Waals surface area contributed by atoms with Crippen LogP contribution in [0.25, 0.3) is 0 Å². The molecule has 1 fully saturated rings. The van der Waals surface area contributed by atoms with Crippen molar-refractivity contribution in [3.8, 4) is 0 Å². The number of hydrogen-bond donors (Lipinski definition) is 1. The van der Waals surface area contributed by atoms with Crippen LogP contribution in [0.15, 0.2) is 59.5 Å². The number of rotatable bonds is 5. The molecule has 7 heteroatoms. The second kappa shape index (κ2) is 8.10. The highest BCUT2D eigenvalue weighted by molar-refractivity contribution is 7.92. The lowest BCUT2D eigenvalue weighted by atomic mass is 10.0. The molecule has 1 amide bonds. The fourth-order valence-corrected chi connectivity index (χ4v) is 4.36. The largest absolute Gasteiger partial charge is 0.349 e. The van der Waals surface area contributed by atoms with E-state index in [9.17, 15) is 13.2 Å². The summed E-state index contributed by atoms with van der Waals surface area (Å²) >= 11 is 0. The molecule has 0 saturated carbocycles. The Morgan fingerprint density at radius 2 is 1.74 bits per heavy atom. The summed E-state index contributed by atoms with van der Waals surface area (Å²) in [7, 11) is -0.101. The summed E-state index contributed by atoms with van der Waals surface area (Å²) in [6.07, 6.45) is 1.84. The van der Waals surface area contributed by atoms with Crippen molar-refractivity contribution < 1.29 is 13.2 Å². The third kappa shape index (κ3) is 4.48. The van der Waals surface area contributed by atoms with E-state index in [1.165, 1.54) is 11.4 Å². The van der Waals surface area contributed by atoms with E-state index in [0.29, 0.717) is 11.3 Å². The number of piperidine rings is 1. The Hall–Kier alpha value is -2.38. The van der Waals surface area contributed by atoms with Gasteiger partial charge in [-0.25, -0.2) is 8.42 Å². The lowest BCUT2D eigenvalue weighted by molar-refractivity contribution is 0.0917. The van der Waals surface area contributed by atoms with E-state index in [1.807, 2.05) is 0 Å². The van der Waals surface area contributed by atoms with Gasteiger partial charge in [-0.05, 0) is 63.3 Å². The number of anilines is 1. The zero-order chi connectivity index (χ0) is 19.4. The molecule has 2 aromatic carbocycles. The van der Waals surface area contributed by atoms with Crippen LogP contribution in [-0.2, 0) is 10.0 Å². The maximum absolute atomic E-state index is 12.8. The molecule has 0 bridgehead atoms. The van der Waals surface area contributed by atoms with E-state index >= 15 is 0 Å². The van der Waals surface area contributed by atoms with Gasteiger partial charge in [-0.1, -0.05) is 24.3 Å². The van der Waals surface area contributed by atoms with Crippen molar-refractivity contribution in [1.29, 1.82) is 0 Å². The minimum Gasteiger partial charge on any atom is -0.349 e. The number of benzene rings is 2. The molecule has 1 heterocycles. The Kier molecular flexibility index (Phi) is 5.82. The van der Waals surface area contributed by atoms with E-state index in [2.05, 4.69) is 17.3 Å². The van der Waals surface area contributed by atoms with E-state index in [4.69, 9.17) is 0 Å².